The van der Waals surface area contributed by atoms with Crippen molar-refractivity contribution in [3.8, 4) is 11.3 Å². The number of halogens is 3. The molecule has 0 aliphatic rings. The molecular formula is C19H15BrF2N2O3. The lowest BCUT2D eigenvalue weighted by Gasteiger charge is -2.15. The van der Waals surface area contributed by atoms with E-state index in [1.165, 1.54) is 13.0 Å². The normalized spacial score (nSPS) is 11.9. The average Bonchev–Trinajstić information content (AvgIpc) is 2.96. The minimum absolute atomic E-state index is 0.317. The van der Waals surface area contributed by atoms with Crippen molar-refractivity contribution in [3.63, 3.8) is 0 Å². The van der Waals surface area contributed by atoms with Crippen molar-refractivity contribution in [1.29, 1.82) is 0 Å². The molecule has 0 saturated carbocycles. The number of hydrogen-bond acceptors (Lipinski definition) is 4. The standard InChI is InChI=1S/C19H15BrF2N2O3/c1-10-17(18(27-24-10)12-6-8-13(20)9-7-12)23-19(25)26-11(2)16-14(21)4-3-5-15(16)22/h3-9,11H,1-2H3,(H,23,25). The van der Waals surface area contributed by atoms with Gasteiger partial charge in [-0.05, 0) is 50.2 Å². The Morgan fingerprint density at radius 1 is 1.19 bits per heavy atom. The Morgan fingerprint density at radius 3 is 2.44 bits per heavy atom. The van der Waals surface area contributed by atoms with E-state index >= 15 is 0 Å². The number of carbonyl (C=O) groups is 1. The van der Waals surface area contributed by atoms with Crippen molar-refractivity contribution in [2.45, 2.75) is 20.0 Å². The molecule has 27 heavy (non-hydrogen) atoms. The maximum absolute atomic E-state index is 13.8. The van der Waals surface area contributed by atoms with Crippen molar-refractivity contribution in [1.82, 2.24) is 5.16 Å². The summed E-state index contributed by atoms with van der Waals surface area (Å²) in [6, 6.07) is 10.7. The Bertz CT molecular complexity index is 953. The molecule has 8 heteroatoms. The minimum Gasteiger partial charge on any atom is -0.441 e. The van der Waals surface area contributed by atoms with Gasteiger partial charge in [-0.2, -0.15) is 0 Å². The van der Waals surface area contributed by atoms with E-state index in [9.17, 15) is 13.6 Å². The zero-order valence-electron chi connectivity index (χ0n) is 14.4. The predicted molar refractivity (Wildman–Crippen MR) is 99.3 cm³/mol. The first-order valence-corrected chi connectivity index (χ1v) is 8.80. The number of benzene rings is 2. The summed E-state index contributed by atoms with van der Waals surface area (Å²) in [6.45, 7) is 3.04. The van der Waals surface area contributed by atoms with Crippen molar-refractivity contribution >= 4 is 27.7 Å². The molecule has 0 saturated heterocycles. The molecule has 0 bridgehead atoms. The van der Waals surface area contributed by atoms with Crippen LogP contribution in [0.1, 0.15) is 24.3 Å². The average molecular weight is 437 g/mol. The van der Waals surface area contributed by atoms with Crippen LogP contribution in [0.5, 0.6) is 0 Å². The number of nitrogens with one attached hydrogen (secondary N) is 1. The molecule has 1 aromatic heterocycles. The van der Waals surface area contributed by atoms with Crippen LogP contribution in [0.25, 0.3) is 11.3 Å². The number of amides is 1. The van der Waals surface area contributed by atoms with Gasteiger partial charge in [0.2, 0.25) is 0 Å². The van der Waals surface area contributed by atoms with E-state index in [0.29, 0.717) is 22.7 Å². The Morgan fingerprint density at radius 2 is 1.81 bits per heavy atom. The highest BCUT2D eigenvalue weighted by Crippen LogP contribution is 2.32. The Hall–Kier alpha value is -2.74. The molecule has 0 aliphatic carbocycles. The molecule has 0 spiro atoms. The van der Waals surface area contributed by atoms with Gasteiger partial charge >= 0.3 is 6.09 Å². The van der Waals surface area contributed by atoms with E-state index in [1.807, 2.05) is 12.1 Å². The molecular weight excluding hydrogens is 422 g/mol. The summed E-state index contributed by atoms with van der Waals surface area (Å²) in [4.78, 5) is 12.3. The lowest BCUT2D eigenvalue weighted by atomic mass is 10.1. The summed E-state index contributed by atoms with van der Waals surface area (Å²) < 4.78 is 39.0. The molecule has 1 unspecified atom stereocenters. The fourth-order valence-electron chi connectivity index (χ4n) is 2.57. The lowest BCUT2D eigenvalue weighted by molar-refractivity contribution is 0.117. The fraction of sp³-hybridized carbons (Fsp3) is 0.158. The lowest BCUT2D eigenvalue weighted by Crippen LogP contribution is -2.18. The summed E-state index contributed by atoms with van der Waals surface area (Å²) >= 11 is 3.35. The smallest absolute Gasteiger partial charge is 0.412 e. The highest BCUT2D eigenvalue weighted by molar-refractivity contribution is 9.10. The SMILES string of the molecule is Cc1noc(-c2ccc(Br)cc2)c1NC(=O)OC(C)c1c(F)cccc1F. The molecule has 0 radical (unpaired) electrons. The maximum atomic E-state index is 13.8. The fourth-order valence-corrected chi connectivity index (χ4v) is 2.83. The van der Waals surface area contributed by atoms with Gasteiger partial charge in [0.05, 0.1) is 5.56 Å². The largest absolute Gasteiger partial charge is 0.441 e. The van der Waals surface area contributed by atoms with Crippen LogP contribution in [-0.2, 0) is 4.74 Å². The number of aryl methyl sites for hydroxylation is 1. The molecule has 5 nitrogen and oxygen atoms in total. The topological polar surface area (TPSA) is 64.4 Å². The van der Waals surface area contributed by atoms with E-state index in [4.69, 9.17) is 9.26 Å². The first-order valence-electron chi connectivity index (χ1n) is 8.00. The van der Waals surface area contributed by atoms with Gasteiger partial charge in [-0.15, -0.1) is 0 Å². The van der Waals surface area contributed by atoms with Crippen LogP contribution >= 0.6 is 15.9 Å². The van der Waals surface area contributed by atoms with Crippen LogP contribution < -0.4 is 5.32 Å². The minimum atomic E-state index is -1.12. The van der Waals surface area contributed by atoms with E-state index in [-0.39, 0.29) is 5.56 Å². The van der Waals surface area contributed by atoms with Crippen molar-refractivity contribution in [2.24, 2.45) is 0 Å². The third-order valence-electron chi connectivity index (χ3n) is 3.89. The summed E-state index contributed by atoms with van der Waals surface area (Å²) in [5.41, 5.74) is 1.14. The third-order valence-corrected chi connectivity index (χ3v) is 4.41. The quantitative estimate of drug-likeness (QED) is 0.544. The van der Waals surface area contributed by atoms with Gasteiger partial charge in [-0.1, -0.05) is 27.2 Å². The van der Waals surface area contributed by atoms with Crippen LogP contribution in [0.2, 0.25) is 0 Å². The van der Waals surface area contributed by atoms with Crippen molar-refractivity contribution in [3.05, 3.63) is 69.8 Å². The number of anilines is 1. The zero-order chi connectivity index (χ0) is 19.6. The number of hydrogen-bond donors (Lipinski definition) is 1. The van der Waals surface area contributed by atoms with Crippen LogP contribution in [0, 0.1) is 18.6 Å². The monoisotopic (exact) mass is 436 g/mol. The number of carbonyl (C=O) groups excluding carboxylic acids is 1. The first-order chi connectivity index (χ1) is 12.9. The van der Waals surface area contributed by atoms with Crippen LogP contribution in [0.15, 0.2) is 51.5 Å². The second kappa shape index (κ2) is 7.87. The zero-order valence-corrected chi connectivity index (χ0v) is 16.0. The molecule has 2 aromatic carbocycles. The van der Waals surface area contributed by atoms with E-state index in [0.717, 1.165) is 16.6 Å². The summed E-state index contributed by atoms with van der Waals surface area (Å²) in [6.07, 6.45) is -2.00. The van der Waals surface area contributed by atoms with Gasteiger partial charge in [-0.25, -0.2) is 13.6 Å². The Balaban J connectivity index is 1.79. The van der Waals surface area contributed by atoms with Gasteiger partial charge in [0.25, 0.3) is 0 Å². The Labute approximate surface area is 162 Å². The van der Waals surface area contributed by atoms with Crippen LogP contribution in [-0.4, -0.2) is 11.2 Å². The van der Waals surface area contributed by atoms with Crippen molar-refractivity contribution < 1.29 is 22.8 Å². The molecule has 0 aliphatic heterocycles. The molecule has 1 amide bonds. The van der Waals surface area contributed by atoms with E-state index in [1.54, 1.807) is 19.1 Å². The summed E-state index contributed by atoms with van der Waals surface area (Å²) in [5, 5.41) is 6.39. The maximum Gasteiger partial charge on any atom is 0.412 e. The van der Waals surface area contributed by atoms with Gasteiger partial charge in [0.1, 0.15) is 29.1 Å². The molecule has 140 valence electrons. The van der Waals surface area contributed by atoms with Gasteiger partial charge < -0.3 is 9.26 Å². The van der Waals surface area contributed by atoms with Gasteiger partial charge in [0, 0.05) is 10.0 Å². The van der Waals surface area contributed by atoms with Gasteiger partial charge in [0.15, 0.2) is 5.76 Å². The van der Waals surface area contributed by atoms with Crippen LogP contribution in [0.4, 0.5) is 19.3 Å². The van der Waals surface area contributed by atoms with Crippen molar-refractivity contribution in [2.75, 3.05) is 5.32 Å². The summed E-state index contributed by atoms with van der Waals surface area (Å²) in [5.74, 6) is -1.22. The third kappa shape index (κ3) is 4.16. The molecule has 3 aromatic rings. The number of aromatic nitrogens is 1. The summed E-state index contributed by atoms with van der Waals surface area (Å²) in [7, 11) is 0. The molecule has 1 atom stereocenters. The molecule has 1 heterocycles. The highest BCUT2D eigenvalue weighted by Gasteiger charge is 2.22. The molecule has 1 N–H and O–H groups in total. The first kappa shape index (κ1) is 19.0. The van der Waals surface area contributed by atoms with Gasteiger partial charge in [-0.3, -0.25) is 5.32 Å². The highest BCUT2D eigenvalue weighted by atomic mass is 79.9. The van der Waals surface area contributed by atoms with E-state index < -0.39 is 23.8 Å². The molecule has 0 fully saturated rings. The number of nitrogens with zero attached hydrogens (tertiary/aromatic N) is 1. The second-order valence-corrected chi connectivity index (χ2v) is 6.70. The predicted octanol–water partition coefficient (Wildman–Crippen LogP) is 6.00. The van der Waals surface area contributed by atoms with Crippen LogP contribution in [0.3, 0.4) is 0 Å². The number of ether oxygens (including phenoxy) is 1. The number of rotatable bonds is 4. The second-order valence-electron chi connectivity index (χ2n) is 5.79. The Kier molecular flexibility index (Phi) is 5.55. The molecule has 3 rings (SSSR count). The van der Waals surface area contributed by atoms with E-state index in [2.05, 4.69) is 26.4 Å².